The number of hydrogen-bond donors (Lipinski definition) is 3. The van der Waals surface area contributed by atoms with E-state index in [1.807, 2.05) is 0 Å². The molecule has 76 valence electrons. The van der Waals surface area contributed by atoms with Gasteiger partial charge in [-0.2, -0.15) is 0 Å². The van der Waals surface area contributed by atoms with Gasteiger partial charge in [0.1, 0.15) is 6.04 Å². The second kappa shape index (κ2) is 3.93. The van der Waals surface area contributed by atoms with Crippen LogP contribution in [0.3, 0.4) is 0 Å². The molecule has 1 heterocycles. The van der Waals surface area contributed by atoms with Gasteiger partial charge in [0, 0.05) is 5.56 Å². The Bertz CT molecular complexity index is 354. The lowest BCUT2D eigenvalue weighted by Gasteiger charge is -2.11. The molecule has 1 rings (SSSR count). The Balaban J connectivity index is 3.16. The first-order valence-corrected chi connectivity index (χ1v) is 3.84. The number of nitrogens with two attached hydrogens (primary N) is 2. The monoisotopic (exact) mass is 197 g/mol. The molecule has 14 heavy (non-hydrogen) atoms. The Hall–Kier alpha value is -1.82. The number of nitrogen functional groups attached to an aromatic ring is 1. The first kappa shape index (κ1) is 10.3. The van der Waals surface area contributed by atoms with Crippen LogP contribution in [0.25, 0.3) is 0 Å². The second-order valence-electron chi connectivity index (χ2n) is 2.68. The van der Waals surface area contributed by atoms with Crippen LogP contribution in [0, 0.1) is 0 Å². The molecular weight excluding hydrogens is 186 g/mol. The highest BCUT2D eigenvalue weighted by atomic mass is 16.5. The number of rotatable bonds is 3. The molecule has 5 N–H and O–H groups in total. The number of carboxylic acid groups (broad SMARTS) is 1. The molecule has 1 atom stereocenters. The second-order valence-corrected chi connectivity index (χ2v) is 2.68. The fourth-order valence-electron chi connectivity index (χ4n) is 1.01. The number of carbonyl (C=O) groups is 1. The van der Waals surface area contributed by atoms with Crippen molar-refractivity contribution in [1.82, 2.24) is 4.98 Å². The molecule has 0 spiro atoms. The van der Waals surface area contributed by atoms with Crippen molar-refractivity contribution in [2.75, 3.05) is 12.8 Å². The third kappa shape index (κ3) is 1.91. The van der Waals surface area contributed by atoms with Gasteiger partial charge in [-0.1, -0.05) is 0 Å². The quantitative estimate of drug-likeness (QED) is 0.616. The maximum absolute atomic E-state index is 10.6. The molecule has 0 amide bonds. The molecule has 0 saturated carbocycles. The highest BCUT2D eigenvalue weighted by molar-refractivity contribution is 5.76. The van der Waals surface area contributed by atoms with Gasteiger partial charge in [-0.25, -0.2) is 4.98 Å². The maximum atomic E-state index is 10.6. The van der Waals surface area contributed by atoms with Crippen molar-refractivity contribution < 1.29 is 14.6 Å². The van der Waals surface area contributed by atoms with Crippen molar-refractivity contribution >= 4 is 11.7 Å². The molecule has 0 aliphatic heterocycles. The fourth-order valence-corrected chi connectivity index (χ4v) is 1.01. The van der Waals surface area contributed by atoms with Gasteiger partial charge >= 0.3 is 5.97 Å². The minimum atomic E-state index is -1.18. The predicted molar refractivity (Wildman–Crippen MR) is 49.8 cm³/mol. The molecule has 6 nitrogen and oxygen atoms in total. The topological polar surface area (TPSA) is 111 Å². The normalized spacial score (nSPS) is 12.1. The summed E-state index contributed by atoms with van der Waals surface area (Å²) in [6.45, 7) is 0. The summed E-state index contributed by atoms with van der Waals surface area (Å²) in [5.74, 6) is -0.982. The number of aliphatic carboxylic acids is 1. The average Bonchev–Trinajstić information content (AvgIpc) is 2.16. The summed E-state index contributed by atoms with van der Waals surface area (Å²) in [4.78, 5) is 14.4. The van der Waals surface area contributed by atoms with Gasteiger partial charge in [-0.3, -0.25) is 4.79 Å². The third-order valence-corrected chi connectivity index (χ3v) is 1.69. The number of hydrogen-bond acceptors (Lipinski definition) is 5. The van der Waals surface area contributed by atoms with Crippen molar-refractivity contribution in [3.8, 4) is 5.88 Å². The Labute approximate surface area is 80.5 Å². The molecule has 0 radical (unpaired) electrons. The van der Waals surface area contributed by atoms with E-state index in [0.29, 0.717) is 5.69 Å². The maximum Gasteiger partial charge on any atom is 0.325 e. The summed E-state index contributed by atoms with van der Waals surface area (Å²) in [5, 5.41) is 8.70. The van der Waals surface area contributed by atoms with Crippen molar-refractivity contribution in [3.05, 3.63) is 17.8 Å². The zero-order valence-electron chi connectivity index (χ0n) is 7.60. The highest BCUT2D eigenvalue weighted by Crippen LogP contribution is 2.23. The summed E-state index contributed by atoms with van der Waals surface area (Å²) < 4.78 is 4.86. The molecule has 1 aromatic rings. The van der Waals surface area contributed by atoms with Crippen LogP contribution in [-0.4, -0.2) is 23.2 Å². The molecule has 6 heteroatoms. The summed E-state index contributed by atoms with van der Waals surface area (Å²) in [6.07, 6.45) is 1.37. The lowest BCUT2D eigenvalue weighted by Crippen LogP contribution is -2.21. The SMILES string of the molecule is COc1ncc(N)cc1C(N)C(=O)O. The molecular formula is C8H11N3O3. The van der Waals surface area contributed by atoms with E-state index >= 15 is 0 Å². The third-order valence-electron chi connectivity index (χ3n) is 1.69. The van der Waals surface area contributed by atoms with Gasteiger partial charge in [0.25, 0.3) is 0 Å². The number of aromatic nitrogens is 1. The highest BCUT2D eigenvalue weighted by Gasteiger charge is 2.19. The van der Waals surface area contributed by atoms with Crippen LogP contribution in [0.5, 0.6) is 5.88 Å². The number of pyridine rings is 1. The minimum Gasteiger partial charge on any atom is -0.481 e. The van der Waals surface area contributed by atoms with Crippen LogP contribution in [0.15, 0.2) is 12.3 Å². The van der Waals surface area contributed by atoms with Crippen LogP contribution in [0.2, 0.25) is 0 Å². The van der Waals surface area contributed by atoms with E-state index in [4.69, 9.17) is 21.3 Å². The van der Waals surface area contributed by atoms with Crippen LogP contribution >= 0.6 is 0 Å². The summed E-state index contributed by atoms with van der Waals surface area (Å²) in [5.41, 5.74) is 11.5. The van der Waals surface area contributed by atoms with E-state index in [1.165, 1.54) is 19.4 Å². The van der Waals surface area contributed by atoms with E-state index < -0.39 is 12.0 Å². The van der Waals surface area contributed by atoms with Crippen molar-refractivity contribution in [1.29, 1.82) is 0 Å². The number of methoxy groups -OCH3 is 1. The fraction of sp³-hybridized carbons (Fsp3) is 0.250. The molecule has 0 aliphatic rings. The van der Waals surface area contributed by atoms with Crippen LogP contribution in [0.4, 0.5) is 5.69 Å². The molecule has 0 aliphatic carbocycles. The largest absolute Gasteiger partial charge is 0.481 e. The van der Waals surface area contributed by atoms with Gasteiger partial charge in [0.2, 0.25) is 5.88 Å². The van der Waals surface area contributed by atoms with Crippen LogP contribution in [-0.2, 0) is 4.79 Å². The van der Waals surface area contributed by atoms with E-state index in [-0.39, 0.29) is 11.4 Å². The first-order chi connectivity index (χ1) is 6.56. The summed E-state index contributed by atoms with van der Waals surface area (Å²) >= 11 is 0. The standard InChI is InChI=1S/C8H11N3O3/c1-14-7-5(6(10)8(12)13)2-4(9)3-11-7/h2-3,6H,9-10H2,1H3,(H,12,13). The molecule has 1 unspecified atom stereocenters. The Kier molecular flexibility index (Phi) is 2.88. The van der Waals surface area contributed by atoms with Crippen molar-refractivity contribution in [2.45, 2.75) is 6.04 Å². The number of ether oxygens (including phenoxy) is 1. The first-order valence-electron chi connectivity index (χ1n) is 3.84. The average molecular weight is 197 g/mol. The smallest absolute Gasteiger partial charge is 0.325 e. The summed E-state index contributed by atoms with van der Waals surface area (Å²) in [7, 11) is 1.39. The molecule has 0 saturated heterocycles. The summed E-state index contributed by atoms with van der Waals surface area (Å²) in [6, 6.07) is 0.255. The Morgan fingerprint density at radius 2 is 2.36 bits per heavy atom. The lowest BCUT2D eigenvalue weighted by atomic mass is 10.1. The van der Waals surface area contributed by atoms with Crippen LogP contribution < -0.4 is 16.2 Å². The Morgan fingerprint density at radius 3 is 2.86 bits per heavy atom. The predicted octanol–water partition coefficient (Wildman–Crippen LogP) is -0.243. The number of nitrogens with zero attached hydrogens (tertiary/aromatic N) is 1. The molecule has 1 aromatic heterocycles. The van der Waals surface area contributed by atoms with Gasteiger partial charge in [-0.15, -0.1) is 0 Å². The zero-order valence-corrected chi connectivity index (χ0v) is 7.60. The number of anilines is 1. The van der Waals surface area contributed by atoms with E-state index in [2.05, 4.69) is 4.98 Å². The van der Waals surface area contributed by atoms with Gasteiger partial charge in [0.05, 0.1) is 19.0 Å². The van der Waals surface area contributed by atoms with E-state index in [0.717, 1.165) is 0 Å². The van der Waals surface area contributed by atoms with Crippen molar-refractivity contribution in [2.24, 2.45) is 5.73 Å². The molecule has 0 bridgehead atoms. The van der Waals surface area contributed by atoms with Gasteiger partial charge in [-0.05, 0) is 6.07 Å². The molecule has 0 fully saturated rings. The zero-order chi connectivity index (χ0) is 10.7. The van der Waals surface area contributed by atoms with Gasteiger partial charge in [0.15, 0.2) is 0 Å². The van der Waals surface area contributed by atoms with E-state index in [9.17, 15) is 4.79 Å². The van der Waals surface area contributed by atoms with Crippen LogP contribution in [0.1, 0.15) is 11.6 Å². The van der Waals surface area contributed by atoms with E-state index in [1.54, 1.807) is 0 Å². The van der Waals surface area contributed by atoms with Gasteiger partial charge < -0.3 is 21.3 Å². The number of carboxylic acids is 1. The minimum absolute atomic E-state index is 0.175. The molecule has 0 aromatic carbocycles. The van der Waals surface area contributed by atoms with Crippen molar-refractivity contribution in [3.63, 3.8) is 0 Å². The Morgan fingerprint density at radius 1 is 1.71 bits per heavy atom. The lowest BCUT2D eigenvalue weighted by molar-refractivity contribution is -0.138.